The highest BCUT2D eigenvalue weighted by Crippen LogP contribution is 2.30. The SMILES string of the molecule is CC.CC.Nc1nc(-c2ccccc2)c2cc[n+]([O-])c(-c3ccccc3)c2n1. The van der Waals surface area contributed by atoms with Gasteiger partial charge in [0.1, 0.15) is 5.52 Å². The molecule has 2 N–H and O–H groups in total. The van der Waals surface area contributed by atoms with Gasteiger partial charge in [-0.05, 0) is 12.1 Å². The Morgan fingerprint density at radius 3 is 1.86 bits per heavy atom. The molecule has 4 aromatic rings. The Bertz CT molecular complexity index is 1020. The van der Waals surface area contributed by atoms with E-state index >= 15 is 0 Å². The van der Waals surface area contributed by atoms with Crippen molar-refractivity contribution in [3.8, 4) is 22.5 Å². The van der Waals surface area contributed by atoms with Gasteiger partial charge in [-0.25, -0.2) is 9.97 Å². The van der Waals surface area contributed by atoms with E-state index in [-0.39, 0.29) is 5.95 Å². The average Bonchev–Trinajstić information content (AvgIpc) is 2.77. The van der Waals surface area contributed by atoms with Crippen molar-refractivity contribution in [2.75, 3.05) is 5.73 Å². The van der Waals surface area contributed by atoms with Gasteiger partial charge in [-0.3, -0.25) is 0 Å². The molecule has 2 aromatic heterocycles. The number of nitrogen functional groups attached to an aromatic ring is 1. The largest absolute Gasteiger partial charge is 0.618 e. The summed E-state index contributed by atoms with van der Waals surface area (Å²) in [6, 6.07) is 20.9. The summed E-state index contributed by atoms with van der Waals surface area (Å²) in [4.78, 5) is 8.74. The number of rotatable bonds is 2. The maximum absolute atomic E-state index is 12.4. The highest BCUT2D eigenvalue weighted by molar-refractivity contribution is 5.98. The molecule has 0 saturated carbocycles. The fourth-order valence-corrected chi connectivity index (χ4v) is 2.82. The second-order valence-corrected chi connectivity index (χ2v) is 5.41. The molecule has 0 aliphatic heterocycles. The van der Waals surface area contributed by atoms with E-state index in [1.54, 1.807) is 6.07 Å². The van der Waals surface area contributed by atoms with Gasteiger partial charge in [0.2, 0.25) is 11.6 Å². The molecule has 0 atom stereocenters. The van der Waals surface area contributed by atoms with Crippen molar-refractivity contribution in [2.24, 2.45) is 0 Å². The van der Waals surface area contributed by atoms with Crippen molar-refractivity contribution >= 4 is 16.9 Å². The van der Waals surface area contributed by atoms with E-state index < -0.39 is 0 Å². The molecule has 0 amide bonds. The van der Waals surface area contributed by atoms with Crippen molar-refractivity contribution < 1.29 is 4.73 Å². The van der Waals surface area contributed by atoms with Crippen LogP contribution >= 0.6 is 0 Å². The van der Waals surface area contributed by atoms with Crippen LogP contribution < -0.4 is 10.5 Å². The number of hydrogen-bond donors (Lipinski definition) is 1. The van der Waals surface area contributed by atoms with Gasteiger partial charge >= 0.3 is 0 Å². The summed E-state index contributed by atoms with van der Waals surface area (Å²) in [5.41, 5.74) is 9.38. The van der Waals surface area contributed by atoms with Crippen molar-refractivity contribution in [2.45, 2.75) is 27.7 Å². The summed E-state index contributed by atoms with van der Waals surface area (Å²) in [5, 5.41) is 13.2. The predicted octanol–water partition coefficient (Wildman–Crippen LogP) is 5.23. The molecular weight excluding hydrogens is 348 g/mol. The first-order chi connectivity index (χ1) is 13.7. The Labute approximate surface area is 166 Å². The van der Waals surface area contributed by atoms with Gasteiger partial charge < -0.3 is 10.9 Å². The number of benzene rings is 2. The van der Waals surface area contributed by atoms with Crippen LogP contribution in [0, 0.1) is 5.21 Å². The van der Waals surface area contributed by atoms with Crippen LogP contribution in [-0.4, -0.2) is 9.97 Å². The van der Waals surface area contributed by atoms with Crippen LogP contribution in [0.25, 0.3) is 33.4 Å². The molecule has 5 nitrogen and oxygen atoms in total. The summed E-state index contributed by atoms with van der Waals surface area (Å²) in [6.45, 7) is 8.00. The molecule has 0 bridgehead atoms. The number of hydrogen-bond acceptors (Lipinski definition) is 4. The first-order valence-corrected chi connectivity index (χ1v) is 9.54. The summed E-state index contributed by atoms with van der Waals surface area (Å²) in [5.74, 6) is 0.143. The molecular formula is C23H26N4O. The Hall–Kier alpha value is -3.47. The van der Waals surface area contributed by atoms with E-state index in [1.807, 2.05) is 88.4 Å². The lowest BCUT2D eigenvalue weighted by atomic mass is 10.0. The number of nitrogens with two attached hydrogens (primary N) is 1. The first kappa shape index (κ1) is 20.8. The monoisotopic (exact) mass is 374 g/mol. The number of fused-ring (bicyclic) bond motifs is 1. The molecule has 144 valence electrons. The molecule has 0 aliphatic rings. The first-order valence-electron chi connectivity index (χ1n) is 9.54. The molecule has 2 heterocycles. The molecule has 5 heteroatoms. The van der Waals surface area contributed by atoms with E-state index in [4.69, 9.17) is 5.73 Å². The number of aromatic nitrogens is 3. The zero-order chi connectivity index (χ0) is 20.5. The van der Waals surface area contributed by atoms with Crippen LogP contribution in [0.15, 0.2) is 72.9 Å². The lowest BCUT2D eigenvalue weighted by Gasteiger charge is -2.11. The maximum Gasteiger partial charge on any atom is 0.250 e. The van der Waals surface area contributed by atoms with Gasteiger partial charge in [0.25, 0.3) is 0 Å². The molecule has 2 aromatic carbocycles. The minimum absolute atomic E-state index is 0.143. The second kappa shape index (κ2) is 10.0. The van der Waals surface area contributed by atoms with Crippen LogP contribution in [0.2, 0.25) is 0 Å². The van der Waals surface area contributed by atoms with Gasteiger partial charge in [-0.15, -0.1) is 0 Å². The highest BCUT2D eigenvalue weighted by Gasteiger charge is 2.19. The summed E-state index contributed by atoms with van der Waals surface area (Å²) in [6.07, 6.45) is 1.48. The Balaban J connectivity index is 0.000000660. The lowest BCUT2D eigenvalue weighted by Crippen LogP contribution is -2.29. The van der Waals surface area contributed by atoms with Crippen molar-refractivity contribution in [3.63, 3.8) is 0 Å². The number of nitrogens with zero attached hydrogens (tertiary/aromatic N) is 3. The third kappa shape index (κ3) is 4.26. The number of pyridine rings is 1. The van der Waals surface area contributed by atoms with E-state index in [0.29, 0.717) is 11.2 Å². The van der Waals surface area contributed by atoms with Gasteiger partial charge in [-0.1, -0.05) is 76.2 Å². The molecule has 0 radical (unpaired) electrons. The van der Waals surface area contributed by atoms with E-state index in [9.17, 15) is 5.21 Å². The van der Waals surface area contributed by atoms with E-state index in [2.05, 4.69) is 9.97 Å². The average molecular weight is 374 g/mol. The smallest absolute Gasteiger partial charge is 0.250 e. The van der Waals surface area contributed by atoms with Gasteiger partial charge in [0.15, 0.2) is 6.20 Å². The molecule has 0 spiro atoms. The summed E-state index contributed by atoms with van der Waals surface area (Å²) < 4.78 is 0.818. The molecule has 0 aliphatic carbocycles. The standard InChI is InChI=1S/C19H14N4O.2C2H6/c20-19-21-16(13-7-3-1-4-8-13)15-11-12-23(24)18(17(15)22-19)14-9-5-2-6-10-14;2*1-2/h1-12H,(H2,20,21,22);2*1-2H3. The van der Waals surface area contributed by atoms with Gasteiger partial charge in [0.05, 0.1) is 5.69 Å². The van der Waals surface area contributed by atoms with Crippen molar-refractivity contribution in [3.05, 3.63) is 78.1 Å². The van der Waals surface area contributed by atoms with Gasteiger partial charge in [-0.2, -0.15) is 4.73 Å². The van der Waals surface area contributed by atoms with Crippen LogP contribution in [0.5, 0.6) is 0 Å². The van der Waals surface area contributed by atoms with Crippen molar-refractivity contribution in [1.82, 2.24) is 9.97 Å². The van der Waals surface area contributed by atoms with Crippen LogP contribution in [0.4, 0.5) is 5.95 Å². The quantitative estimate of drug-likeness (QED) is 0.385. The minimum atomic E-state index is 0.143. The zero-order valence-corrected chi connectivity index (χ0v) is 16.8. The molecule has 0 unspecified atom stereocenters. The summed E-state index contributed by atoms with van der Waals surface area (Å²) >= 11 is 0. The second-order valence-electron chi connectivity index (χ2n) is 5.41. The van der Waals surface area contributed by atoms with Gasteiger partial charge in [0, 0.05) is 22.6 Å². The summed E-state index contributed by atoms with van der Waals surface area (Å²) in [7, 11) is 0. The van der Waals surface area contributed by atoms with E-state index in [0.717, 1.165) is 26.9 Å². The Morgan fingerprint density at radius 2 is 1.29 bits per heavy atom. The van der Waals surface area contributed by atoms with Crippen LogP contribution in [-0.2, 0) is 0 Å². The van der Waals surface area contributed by atoms with Crippen LogP contribution in [0.1, 0.15) is 27.7 Å². The number of anilines is 1. The van der Waals surface area contributed by atoms with Crippen molar-refractivity contribution in [1.29, 1.82) is 0 Å². The normalized spacial score (nSPS) is 9.71. The molecule has 0 fully saturated rings. The fourth-order valence-electron chi connectivity index (χ4n) is 2.82. The maximum atomic E-state index is 12.4. The zero-order valence-electron chi connectivity index (χ0n) is 16.8. The van der Waals surface area contributed by atoms with E-state index in [1.165, 1.54) is 6.20 Å². The lowest BCUT2D eigenvalue weighted by molar-refractivity contribution is -0.592. The van der Waals surface area contributed by atoms with Crippen LogP contribution in [0.3, 0.4) is 0 Å². The fraction of sp³-hybridized carbons (Fsp3) is 0.174. The minimum Gasteiger partial charge on any atom is -0.618 e. The Morgan fingerprint density at radius 1 is 0.750 bits per heavy atom. The predicted molar refractivity (Wildman–Crippen MR) is 116 cm³/mol. The Kier molecular flexibility index (Phi) is 7.45. The third-order valence-electron chi connectivity index (χ3n) is 3.88. The molecule has 28 heavy (non-hydrogen) atoms. The molecule has 0 saturated heterocycles. The topological polar surface area (TPSA) is 78.7 Å². The third-order valence-corrected chi connectivity index (χ3v) is 3.88. The highest BCUT2D eigenvalue weighted by atomic mass is 16.5. The molecule has 4 rings (SSSR count).